The summed E-state index contributed by atoms with van der Waals surface area (Å²) >= 11 is 3.71. The molecule has 0 aliphatic carbocycles. The Kier molecular flexibility index (Phi) is 14.6. The zero-order valence-corrected chi connectivity index (χ0v) is 36.6. The smallest absolute Gasteiger partial charge is 0.408 e. The lowest BCUT2D eigenvalue weighted by Gasteiger charge is -2.55. The number of benzene rings is 2. The molecule has 3 atom stereocenters. The summed E-state index contributed by atoms with van der Waals surface area (Å²) in [5.41, 5.74) is -0.975. The van der Waals surface area contributed by atoms with Crippen LogP contribution >= 0.6 is 34.9 Å². The van der Waals surface area contributed by atoms with E-state index in [9.17, 15) is 33.9 Å². The van der Waals surface area contributed by atoms with Crippen molar-refractivity contribution in [2.75, 3.05) is 25.2 Å². The first kappa shape index (κ1) is 45.6. The van der Waals surface area contributed by atoms with Gasteiger partial charge in [-0.3, -0.25) is 14.5 Å². The van der Waals surface area contributed by atoms with Crippen molar-refractivity contribution in [3.05, 3.63) is 105 Å². The summed E-state index contributed by atoms with van der Waals surface area (Å²) in [5.74, 6) is -2.94. The molecule has 62 heavy (non-hydrogen) atoms. The highest BCUT2D eigenvalue weighted by molar-refractivity contribution is 8.01. The Morgan fingerprint density at radius 2 is 1.65 bits per heavy atom. The first-order chi connectivity index (χ1) is 29.6. The molecule has 22 heteroatoms. The van der Waals surface area contributed by atoms with E-state index in [-0.39, 0.29) is 30.2 Å². The van der Waals surface area contributed by atoms with Crippen LogP contribution in [0.4, 0.5) is 9.59 Å². The first-order valence-electron chi connectivity index (χ1n) is 19.0. The molecule has 6 rings (SSSR count). The Morgan fingerprint density at radius 1 is 0.984 bits per heavy atom. The minimum Gasteiger partial charge on any atom is -0.477 e. The van der Waals surface area contributed by atoms with Gasteiger partial charge in [0.1, 0.15) is 23.3 Å². The van der Waals surface area contributed by atoms with Crippen molar-refractivity contribution in [3.63, 3.8) is 0 Å². The van der Waals surface area contributed by atoms with Gasteiger partial charge >= 0.3 is 24.1 Å². The molecule has 2 aromatic carbocycles. The van der Waals surface area contributed by atoms with Gasteiger partial charge < -0.3 is 40.0 Å². The number of methoxy groups -OCH3 is 1. The molecule has 2 aliphatic rings. The number of carboxylic acid groups (broad SMARTS) is 1. The third-order valence-electron chi connectivity index (χ3n) is 9.17. The zero-order chi connectivity index (χ0) is 44.6. The molecule has 0 radical (unpaired) electrons. The van der Waals surface area contributed by atoms with Gasteiger partial charge in [-0.15, -0.1) is 28.2 Å². The first-order valence-corrected chi connectivity index (χ1v) is 21.8. The van der Waals surface area contributed by atoms with Gasteiger partial charge in [0.15, 0.2) is 12.1 Å². The molecule has 0 spiro atoms. The molecule has 328 valence electrons. The van der Waals surface area contributed by atoms with Crippen molar-refractivity contribution < 1.29 is 52.8 Å². The van der Waals surface area contributed by atoms with Crippen LogP contribution in [0, 0.1) is 0 Å². The van der Waals surface area contributed by atoms with E-state index in [0.29, 0.717) is 31.6 Å². The summed E-state index contributed by atoms with van der Waals surface area (Å²) in [6.07, 6.45) is -2.79. The van der Waals surface area contributed by atoms with Crippen molar-refractivity contribution in [3.8, 4) is 0 Å². The van der Waals surface area contributed by atoms with Crippen LogP contribution in [-0.2, 0) is 58.1 Å². The number of aliphatic carboxylic acids is 1. The Bertz CT molecular complexity index is 2280. The number of ether oxygens (including phenoxy) is 4. The van der Waals surface area contributed by atoms with Gasteiger partial charge in [-0.2, -0.15) is 0 Å². The molecule has 4 amide bonds. The van der Waals surface area contributed by atoms with Crippen molar-refractivity contribution >= 4 is 70.8 Å². The predicted molar refractivity (Wildman–Crippen MR) is 225 cm³/mol. The Labute approximate surface area is 368 Å². The van der Waals surface area contributed by atoms with Gasteiger partial charge in [-0.25, -0.2) is 23.9 Å². The number of thioether (sulfide) groups is 2. The molecule has 0 bridgehead atoms. The Balaban J connectivity index is 1.03. The SMILES string of the molecule is CO[C@@]1(NC(=O)Cc2ccc(CNC(=O)OCC(NC(=O)OC(C)(C)C)C(=O)OC(c3ccccc3)c3ccccc3)s2)C(=O)N2C(C(=O)O)=C(CSc3nnnn3C)CS[C@@H]21. The fraction of sp³-hybridized carbons (Fsp3) is 0.375. The van der Waals surface area contributed by atoms with E-state index in [2.05, 4.69) is 31.5 Å². The number of esters is 1. The minimum absolute atomic E-state index is 0.00390. The normalized spacial score (nSPS) is 17.7. The number of aromatic nitrogens is 4. The number of carbonyl (C=O) groups is 6. The summed E-state index contributed by atoms with van der Waals surface area (Å²) < 4.78 is 23.7. The number of nitrogens with zero attached hydrogens (tertiary/aromatic N) is 5. The number of carbonyl (C=O) groups excluding carboxylic acids is 5. The van der Waals surface area contributed by atoms with Crippen molar-refractivity contribution in [2.45, 2.75) is 67.7 Å². The number of aryl methyl sites for hydroxylation is 1. The molecule has 19 nitrogen and oxygen atoms in total. The molecule has 1 saturated heterocycles. The van der Waals surface area contributed by atoms with E-state index in [0.717, 1.165) is 4.90 Å². The van der Waals surface area contributed by atoms with Crippen LogP contribution in [0.5, 0.6) is 0 Å². The molecule has 0 saturated carbocycles. The monoisotopic (exact) mass is 908 g/mol. The summed E-state index contributed by atoms with van der Waals surface area (Å²) in [6, 6.07) is 20.0. The van der Waals surface area contributed by atoms with Crippen LogP contribution in [0.3, 0.4) is 0 Å². The number of rotatable bonds is 17. The quantitative estimate of drug-likeness (QED) is 0.0388. The van der Waals surface area contributed by atoms with E-state index < -0.39 is 71.4 Å². The standard InChI is InChI=1S/C40H44N8O11S3/c1-39(2,3)59-38(55)42-28(33(52)58-31(23-12-8-6-9-13-23)24-14-10-7-11-15-24)20-57-37(54)41-19-27-17-16-26(62-27)18-29(49)43-40(56-5)34(53)48-30(32(50)51)25(21-60-35(40)48)22-61-36-44-45-46-47(36)4/h6-17,28,31,35H,18-22H2,1-5H3,(H,41,54)(H,42,55)(H,43,49)(H,50,51)/t28?,35-,40+/m1/s1. The highest BCUT2D eigenvalue weighted by Gasteiger charge is 2.66. The van der Waals surface area contributed by atoms with E-state index in [1.54, 1.807) is 88.5 Å². The third-order valence-corrected chi connectivity index (χ3v) is 12.7. The topological polar surface area (TPSA) is 242 Å². The van der Waals surface area contributed by atoms with E-state index in [1.165, 1.54) is 46.7 Å². The number of amides is 4. The molecular formula is C40H44N8O11S3. The summed E-state index contributed by atoms with van der Waals surface area (Å²) in [4.78, 5) is 80.9. The Morgan fingerprint density at radius 3 is 2.24 bits per heavy atom. The van der Waals surface area contributed by atoms with Gasteiger partial charge in [0.05, 0.1) is 13.0 Å². The summed E-state index contributed by atoms with van der Waals surface area (Å²) in [5, 5.41) is 28.7. The Hall–Kier alpha value is -5.97. The lowest BCUT2D eigenvalue weighted by Crippen LogP contribution is -2.80. The van der Waals surface area contributed by atoms with Crippen molar-refractivity contribution in [2.24, 2.45) is 7.05 Å². The second-order valence-corrected chi connectivity index (χ2v) is 18.1. The number of hydrogen-bond donors (Lipinski definition) is 4. The van der Waals surface area contributed by atoms with Gasteiger partial charge in [-0.1, -0.05) is 72.4 Å². The number of carboxylic acids is 1. The van der Waals surface area contributed by atoms with E-state index in [4.69, 9.17) is 18.9 Å². The summed E-state index contributed by atoms with van der Waals surface area (Å²) in [7, 11) is 2.93. The molecule has 2 aliphatic heterocycles. The van der Waals surface area contributed by atoms with Gasteiger partial charge in [0.25, 0.3) is 11.6 Å². The molecule has 4 aromatic rings. The van der Waals surface area contributed by atoms with Crippen molar-refractivity contribution in [1.82, 2.24) is 41.1 Å². The number of tetrazole rings is 1. The predicted octanol–water partition coefficient (Wildman–Crippen LogP) is 3.77. The fourth-order valence-electron chi connectivity index (χ4n) is 6.34. The number of β-lactam (4-membered cyclic amide) rings is 1. The fourth-order valence-corrected chi connectivity index (χ4v) is 9.73. The van der Waals surface area contributed by atoms with E-state index in [1.807, 2.05) is 12.1 Å². The lowest BCUT2D eigenvalue weighted by molar-refractivity contribution is -0.192. The van der Waals surface area contributed by atoms with Crippen LogP contribution in [0.25, 0.3) is 0 Å². The zero-order valence-electron chi connectivity index (χ0n) is 34.2. The highest BCUT2D eigenvalue weighted by atomic mass is 32.2. The van der Waals surface area contributed by atoms with Crippen molar-refractivity contribution in [1.29, 1.82) is 0 Å². The second-order valence-electron chi connectivity index (χ2n) is 14.8. The molecule has 2 aromatic heterocycles. The van der Waals surface area contributed by atoms with Crippen LogP contribution < -0.4 is 16.0 Å². The number of thiophene rings is 1. The van der Waals surface area contributed by atoms with Gasteiger partial charge in [0.2, 0.25) is 11.1 Å². The van der Waals surface area contributed by atoms with Gasteiger partial charge in [0, 0.05) is 35.4 Å². The molecule has 4 heterocycles. The minimum atomic E-state index is -1.79. The molecule has 4 N–H and O–H groups in total. The number of fused-ring (bicyclic) bond motifs is 1. The van der Waals surface area contributed by atoms with Crippen LogP contribution in [0.1, 0.15) is 47.8 Å². The molecular weight excluding hydrogens is 865 g/mol. The maximum absolute atomic E-state index is 13.6. The van der Waals surface area contributed by atoms with Crippen LogP contribution in [-0.4, -0.2) is 114 Å². The lowest BCUT2D eigenvalue weighted by atomic mass is 9.98. The summed E-state index contributed by atoms with van der Waals surface area (Å²) in [6.45, 7) is 4.40. The van der Waals surface area contributed by atoms with Crippen LogP contribution in [0.15, 0.2) is 89.2 Å². The number of nitrogens with one attached hydrogen (secondary N) is 3. The highest BCUT2D eigenvalue weighted by Crippen LogP contribution is 2.47. The maximum atomic E-state index is 13.6. The average molecular weight is 909 g/mol. The molecule has 1 fully saturated rings. The third kappa shape index (κ3) is 10.9. The number of alkyl carbamates (subject to hydrolysis) is 2. The van der Waals surface area contributed by atoms with Gasteiger partial charge in [-0.05, 0) is 60.0 Å². The second kappa shape index (κ2) is 19.8. The number of hydrogen-bond acceptors (Lipinski definition) is 16. The largest absolute Gasteiger partial charge is 0.477 e. The van der Waals surface area contributed by atoms with E-state index >= 15 is 0 Å². The van der Waals surface area contributed by atoms with Crippen LogP contribution in [0.2, 0.25) is 0 Å². The maximum Gasteiger partial charge on any atom is 0.408 e. The molecule has 1 unspecified atom stereocenters. The average Bonchev–Trinajstić information content (AvgIpc) is 3.88.